The Labute approximate surface area is 109 Å². The molecule has 1 aromatic heterocycles. The Hall–Kier alpha value is -1.39. The Balaban J connectivity index is 3.25. The van der Waals surface area contributed by atoms with Crippen LogP contribution in [0.5, 0.6) is 0 Å². The van der Waals surface area contributed by atoms with Crippen LogP contribution in [-0.4, -0.2) is 27.3 Å². The summed E-state index contributed by atoms with van der Waals surface area (Å²) in [5.74, 6) is 1.28. The molecule has 0 aliphatic carbocycles. The number of carbonyl (C=O) groups excluding carboxylic acids is 1. The van der Waals surface area contributed by atoms with E-state index in [-0.39, 0.29) is 5.97 Å². The van der Waals surface area contributed by atoms with E-state index in [0.717, 1.165) is 12.2 Å². The Morgan fingerprint density at radius 1 is 1.28 bits per heavy atom. The van der Waals surface area contributed by atoms with Crippen LogP contribution in [0.3, 0.4) is 0 Å². The molecule has 0 saturated heterocycles. The van der Waals surface area contributed by atoms with Crippen molar-refractivity contribution in [3.63, 3.8) is 0 Å². The molecule has 0 unspecified atom stereocenters. The summed E-state index contributed by atoms with van der Waals surface area (Å²) in [5, 5.41) is 4.33. The molecule has 0 atom stereocenters. The van der Waals surface area contributed by atoms with Crippen molar-refractivity contribution in [2.75, 3.05) is 6.61 Å². The topological polar surface area (TPSA) is 57.0 Å². The van der Waals surface area contributed by atoms with Crippen molar-refractivity contribution in [3.05, 3.63) is 11.6 Å². The van der Waals surface area contributed by atoms with Gasteiger partial charge in [0.2, 0.25) is 0 Å². The van der Waals surface area contributed by atoms with Gasteiger partial charge in [0, 0.05) is 13.5 Å². The lowest BCUT2D eigenvalue weighted by molar-refractivity contribution is -0.151. The quantitative estimate of drug-likeness (QED) is 0.728. The maximum Gasteiger partial charge on any atom is 0.319 e. The van der Waals surface area contributed by atoms with Gasteiger partial charge in [0.1, 0.15) is 11.2 Å². The van der Waals surface area contributed by atoms with E-state index in [1.54, 1.807) is 4.68 Å². The number of aryl methyl sites for hydroxylation is 2. The normalized spacial score (nSPS) is 11.6. The van der Waals surface area contributed by atoms with Crippen molar-refractivity contribution in [2.45, 2.75) is 52.4 Å². The van der Waals surface area contributed by atoms with Crippen molar-refractivity contribution in [1.82, 2.24) is 14.8 Å². The van der Waals surface area contributed by atoms with E-state index in [4.69, 9.17) is 4.74 Å². The number of hydrogen-bond acceptors (Lipinski definition) is 4. The third-order valence-corrected chi connectivity index (χ3v) is 3.42. The average Bonchev–Trinajstić information content (AvgIpc) is 2.74. The van der Waals surface area contributed by atoms with E-state index in [9.17, 15) is 4.79 Å². The molecule has 102 valence electrons. The average molecular weight is 253 g/mol. The SMILES string of the molecule is CCOC(=O)C(CC)(CC)c1nc(CC)nn1C. The smallest absolute Gasteiger partial charge is 0.319 e. The van der Waals surface area contributed by atoms with Crippen molar-refractivity contribution in [1.29, 1.82) is 0 Å². The molecule has 0 fully saturated rings. The van der Waals surface area contributed by atoms with Gasteiger partial charge < -0.3 is 4.74 Å². The molecule has 0 aliphatic rings. The van der Waals surface area contributed by atoms with E-state index < -0.39 is 5.41 Å². The third kappa shape index (κ3) is 2.40. The first-order chi connectivity index (χ1) is 8.55. The summed E-state index contributed by atoms with van der Waals surface area (Å²) in [6.45, 7) is 8.19. The van der Waals surface area contributed by atoms with Crippen LogP contribution in [0.2, 0.25) is 0 Å². The van der Waals surface area contributed by atoms with Gasteiger partial charge in [-0.1, -0.05) is 20.8 Å². The van der Waals surface area contributed by atoms with Crippen molar-refractivity contribution >= 4 is 5.97 Å². The molecule has 18 heavy (non-hydrogen) atoms. The molecular weight excluding hydrogens is 230 g/mol. The molecular formula is C13H23N3O2. The summed E-state index contributed by atoms with van der Waals surface area (Å²) in [6.07, 6.45) is 2.09. The molecule has 1 rings (SSSR count). The number of esters is 1. The second-order valence-electron chi connectivity index (χ2n) is 4.34. The number of carbonyl (C=O) groups is 1. The van der Waals surface area contributed by atoms with Gasteiger partial charge in [-0.25, -0.2) is 4.98 Å². The lowest BCUT2D eigenvalue weighted by Gasteiger charge is -2.27. The number of rotatable bonds is 6. The highest BCUT2D eigenvalue weighted by Gasteiger charge is 2.42. The summed E-state index contributed by atoms with van der Waals surface area (Å²) in [6, 6.07) is 0. The van der Waals surface area contributed by atoms with E-state index in [1.165, 1.54) is 0 Å². The number of nitrogens with zero attached hydrogens (tertiary/aromatic N) is 3. The van der Waals surface area contributed by atoms with Gasteiger partial charge in [-0.05, 0) is 19.8 Å². The zero-order chi connectivity index (χ0) is 13.8. The largest absolute Gasteiger partial charge is 0.465 e. The fourth-order valence-electron chi connectivity index (χ4n) is 2.22. The molecule has 0 spiro atoms. The van der Waals surface area contributed by atoms with Crippen LogP contribution >= 0.6 is 0 Å². The van der Waals surface area contributed by atoms with Gasteiger partial charge in [-0.2, -0.15) is 5.10 Å². The lowest BCUT2D eigenvalue weighted by Crippen LogP contribution is -2.39. The van der Waals surface area contributed by atoms with Gasteiger partial charge in [0.15, 0.2) is 5.82 Å². The lowest BCUT2D eigenvalue weighted by atomic mass is 9.81. The van der Waals surface area contributed by atoms with Crippen LogP contribution in [0.25, 0.3) is 0 Å². The monoisotopic (exact) mass is 253 g/mol. The molecule has 0 N–H and O–H groups in total. The summed E-state index contributed by atoms with van der Waals surface area (Å²) in [5.41, 5.74) is -0.675. The zero-order valence-corrected chi connectivity index (χ0v) is 12.0. The zero-order valence-electron chi connectivity index (χ0n) is 12.0. The van der Waals surface area contributed by atoms with Gasteiger partial charge in [0.25, 0.3) is 0 Å². The van der Waals surface area contributed by atoms with Gasteiger partial charge >= 0.3 is 5.97 Å². The molecule has 1 heterocycles. The minimum absolute atomic E-state index is 0.201. The first-order valence-corrected chi connectivity index (χ1v) is 6.63. The summed E-state index contributed by atoms with van der Waals surface area (Å²) in [4.78, 5) is 16.8. The predicted molar refractivity (Wildman–Crippen MR) is 69.3 cm³/mol. The van der Waals surface area contributed by atoms with Crippen LogP contribution in [-0.2, 0) is 28.4 Å². The second-order valence-corrected chi connectivity index (χ2v) is 4.34. The molecule has 0 aromatic carbocycles. The second kappa shape index (κ2) is 5.98. The van der Waals surface area contributed by atoms with E-state index in [0.29, 0.717) is 25.3 Å². The number of hydrogen-bond donors (Lipinski definition) is 0. The summed E-state index contributed by atoms with van der Waals surface area (Å²) < 4.78 is 6.93. The fraction of sp³-hybridized carbons (Fsp3) is 0.769. The molecule has 0 radical (unpaired) electrons. The van der Waals surface area contributed by atoms with E-state index in [2.05, 4.69) is 10.1 Å². The third-order valence-electron chi connectivity index (χ3n) is 3.42. The molecule has 0 bridgehead atoms. The minimum atomic E-state index is -0.675. The highest BCUT2D eigenvalue weighted by Crippen LogP contribution is 2.31. The standard InChI is InChI=1S/C13H23N3O2/c1-6-10-14-11(16(5)15-10)13(7-2,8-3)12(17)18-9-4/h6-9H2,1-5H3. The molecule has 0 aliphatic heterocycles. The number of aromatic nitrogens is 3. The van der Waals surface area contributed by atoms with Crippen molar-refractivity contribution < 1.29 is 9.53 Å². The Bertz CT molecular complexity index is 408. The molecule has 1 aromatic rings. The molecule has 0 saturated carbocycles. The predicted octanol–water partition coefficient (Wildman–Crippen LogP) is 2.00. The van der Waals surface area contributed by atoms with Gasteiger partial charge in [-0.15, -0.1) is 0 Å². The minimum Gasteiger partial charge on any atom is -0.465 e. The van der Waals surface area contributed by atoms with Crippen LogP contribution in [0.1, 0.15) is 52.2 Å². The van der Waals surface area contributed by atoms with Crippen LogP contribution in [0.4, 0.5) is 0 Å². The Kier molecular flexibility index (Phi) is 4.87. The van der Waals surface area contributed by atoms with Crippen LogP contribution < -0.4 is 0 Å². The molecule has 5 nitrogen and oxygen atoms in total. The Morgan fingerprint density at radius 2 is 1.89 bits per heavy atom. The first kappa shape index (κ1) is 14.7. The van der Waals surface area contributed by atoms with Gasteiger partial charge in [0.05, 0.1) is 6.61 Å². The van der Waals surface area contributed by atoms with Crippen LogP contribution in [0, 0.1) is 0 Å². The van der Waals surface area contributed by atoms with Crippen molar-refractivity contribution in [2.24, 2.45) is 7.05 Å². The molecule has 5 heteroatoms. The van der Waals surface area contributed by atoms with Gasteiger partial charge in [-0.3, -0.25) is 9.48 Å². The van der Waals surface area contributed by atoms with Crippen molar-refractivity contribution in [3.8, 4) is 0 Å². The van der Waals surface area contributed by atoms with E-state index >= 15 is 0 Å². The Morgan fingerprint density at radius 3 is 2.28 bits per heavy atom. The molecule has 0 amide bonds. The first-order valence-electron chi connectivity index (χ1n) is 6.63. The van der Waals surface area contributed by atoms with E-state index in [1.807, 2.05) is 34.7 Å². The fourth-order valence-corrected chi connectivity index (χ4v) is 2.22. The highest BCUT2D eigenvalue weighted by atomic mass is 16.5. The number of ether oxygens (including phenoxy) is 1. The highest BCUT2D eigenvalue weighted by molar-refractivity contribution is 5.82. The maximum atomic E-state index is 12.3. The summed E-state index contributed by atoms with van der Waals surface area (Å²) in [7, 11) is 1.83. The summed E-state index contributed by atoms with van der Waals surface area (Å²) >= 11 is 0. The maximum absolute atomic E-state index is 12.3. The van der Waals surface area contributed by atoms with Crippen LogP contribution in [0.15, 0.2) is 0 Å².